The van der Waals surface area contributed by atoms with Crippen LogP contribution in [0.4, 0.5) is 0 Å². The number of hydrogen-bond donors (Lipinski definition) is 2. The molecule has 202 valence electrons. The second-order valence-corrected chi connectivity index (χ2v) is 12.2. The molecule has 0 spiro atoms. The molecule has 0 unspecified atom stereocenters. The summed E-state index contributed by atoms with van der Waals surface area (Å²) in [5.41, 5.74) is 1.78. The number of rotatable bonds is 9. The summed E-state index contributed by atoms with van der Waals surface area (Å²) in [6, 6.07) is 22.0. The number of carbonyl (C=O) groups is 3. The quantitative estimate of drug-likeness (QED) is 0.221. The molecule has 9 nitrogen and oxygen atoms in total. The van der Waals surface area contributed by atoms with Crippen molar-refractivity contribution in [3.63, 3.8) is 0 Å². The van der Waals surface area contributed by atoms with Gasteiger partial charge in [0.1, 0.15) is 23.4 Å². The van der Waals surface area contributed by atoms with Crippen molar-refractivity contribution in [1.29, 1.82) is 0 Å². The van der Waals surface area contributed by atoms with Gasteiger partial charge in [-0.1, -0.05) is 78.5 Å². The number of fused-ring (bicyclic) bond motifs is 1. The Kier molecular flexibility index (Phi) is 7.71. The minimum Gasteiger partial charge on any atom is -0.448 e. The van der Waals surface area contributed by atoms with E-state index in [9.17, 15) is 14.4 Å². The minimum atomic E-state index is -0.726. The Morgan fingerprint density at radius 3 is 2.42 bits per heavy atom. The molecule has 0 aliphatic carbocycles. The average molecular weight is 590 g/mol. The van der Waals surface area contributed by atoms with E-state index in [0.29, 0.717) is 15.8 Å². The van der Waals surface area contributed by atoms with Gasteiger partial charge in [-0.2, -0.15) is 0 Å². The number of β-lactam (4-membered cyclic amide) rings is 1. The highest BCUT2D eigenvalue weighted by molar-refractivity contribution is 8.06. The lowest BCUT2D eigenvalue weighted by atomic mass is 10.0. The maximum atomic E-state index is 13.9. The number of amides is 2. The van der Waals surface area contributed by atoms with Gasteiger partial charge in [0.25, 0.3) is 5.91 Å². The van der Waals surface area contributed by atoms with Crippen LogP contribution in [0.2, 0.25) is 0 Å². The van der Waals surface area contributed by atoms with Gasteiger partial charge in [0.05, 0.1) is 6.42 Å². The third-order valence-electron chi connectivity index (χ3n) is 6.40. The van der Waals surface area contributed by atoms with Crippen molar-refractivity contribution in [2.45, 2.75) is 29.1 Å². The molecule has 6 rings (SSSR count). The van der Waals surface area contributed by atoms with Crippen molar-refractivity contribution in [3.05, 3.63) is 111 Å². The molecular weight excluding hydrogens is 567 g/mol. The van der Waals surface area contributed by atoms with Crippen LogP contribution >= 0.6 is 34.9 Å². The summed E-state index contributed by atoms with van der Waals surface area (Å²) in [6.45, 7) is 0. The summed E-state index contributed by atoms with van der Waals surface area (Å²) >= 11 is 4.21. The lowest BCUT2D eigenvalue weighted by molar-refractivity contribution is -0.154. The molecule has 2 N–H and O–H groups in total. The van der Waals surface area contributed by atoms with Crippen molar-refractivity contribution < 1.29 is 19.1 Å². The van der Waals surface area contributed by atoms with E-state index in [1.54, 1.807) is 0 Å². The van der Waals surface area contributed by atoms with Crippen LogP contribution in [-0.2, 0) is 25.5 Å². The van der Waals surface area contributed by atoms with Crippen LogP contribution in [0.15, 0.2) is 100 Å². The Morgan fingerprint density at radius 2 is 1.80 bits per heavy atom. The second-order valence-electron chi connectivity index (χ2n) is 8.99. The van der Waals surface area contributed by atoms with E-state index in [0.717, 1.165) is 16.0 Å². The molecule has 4 aromatic rings. The van der Waals surface area contributed by atoms with Gasteiger partial charge in [0.15, 0.2) is 11.3 Å². The van der Waals surface area contributed by atoms with Crippen LogP contribution in [0.3, 0.4) is 0 Å². The van der Waals surface area contributed by atoms with Gasteiger partial charge in [-0.15, -0.1) is 33.3 Å². The molecule has 2 aromatic carbocycles. The zero-order chi connectivity index (χ0) is 27.5. The number of benzene rings is 2. The van der Waals surface area contributed by atoms with Crippen molar-refractivity contribution in [3.8, 4) is 0 Å². The number of nitrogens with one attached hydrogen (secondary N) is 2. The normalized spacial score (nSPS) is 18.3. The summed E-state index contributed by atoms with van der Waals surface area (Å²) in [5, 5.41) is 12.7. The lowest BCUT2D eigenvalue weighted by Crippen LogP contribution is -2.70. The number of aromatic amines is 1. The number of nitrogens with zero attached hydrogens (tertiary/aromatic N) is 3. The maximum Gasteiger partial charge on any atom is 0.356 e. The summed E-state index contributed by atoms with van der Waals surface area (Å²) in [6.07, 6.45) is 0.977. The van der Waals surface area contributed by atoms with Gasteiger partial charge in [-0.3, -0.25) is 14.5 Å². The number of aromatic nitrogens is 3. The summed E-state index contributed by atoms with van der Waals surface area (Å²) in [7, 11) is 0. The Bertz CT molecular complexity index is 1490. The molecule has 2 amide bonds. The Hall–Kier alpha value is -3.87. The highest BCUT2D eigenvalue weighted by Gasteiger charge is 2.55. The van der Waals surface area contributed by atoms with E-state index in [1.165, 1.54) is 46.1 Å². The zero-order valence-electron chi connectivity index (χ0n) is 20.9. The van der Waals surface area contributed by atoms with E-state index in [-0.39, 0.29) is 23.9 Å². The van der Waals surface area contributed by atoms with Crippen LogP contribution in [0.1, 0.15) is 22.1 Å². The van der Waals surface area contributed by atoms with Crippen LogP contribution < -0.4 is 5.32 Å². The SMILES string of the molecule is O=C(Cc1cccs1)N[C@@H]1C(=O)N2C(C(=O)OC(c3ccccc3)c3ccccc3)=C(Sc3nnc[nH]3)CS[C@H]12. The molecule has 1 saturated heterocycles. The number of ether oxygens (including phenoxy) is 1. The predicted molar refractivity (Wildman–Crippen MR) is 153 cm³/mol. The van der Waals surface area contributed by atoms with Crippen molar-refractivity contribution >= 4 is 52.6 Å². The third-order valence-corrected chi connectivity index (χ3v) is 9.72. The van der Waals surface area contributed by atoms with Crippen LogP contribution in [0.5, 0.6) is 0 Å². The first kappa shape index (κ1) is 26.4. The molecule has 2 aromatic heterocycles. The maximum absolute atomic E-state index is 13.9. The van der Waals surface area contributed by atoms with Gasteiger partial charge >= 0.3 is 5.97 Å². The second kappa shape index (κ2) is 11.7. The summed E-state index contributed by atoms with van der Waals surface area (Å²) in [4.78, 5) is 46.0. The Morgan fingerprint density at radius 1 is 1.07 bits per heavy atom. The van der Waals surface area contributed by atoms with E-state index < -0.39 is 23.5 Å². The number of thioether (sulfide) groups is 2. The lowest BCUT2D eigenvalue weighted by Gasteiger charge is -2.49. The first-order valence-corrected chi connectivity index (χ1v) is 15.2. The van der Waals surface area contributed by atoms with Crippen molar-refractivity contribution in [2.75, 3.05) is 5.75 Å². The molecule has 0 saturated carbocycles. The number of thiophene rings is 1. The average Bonchev–Trinajstić information content (AvgIpc) is 3.70. The largest absolute Gasteiger partial charge is 0.448 e. The standard InChI is InChI=1S/C28H23N5O4S3/c34-21(14-19-12-7-13-38-19)31-22-25(35)33-23(20(15-39-26(22)33)40-28-29-16-30-32-28)27(36)37-24(17-8-3-1-4-9-17)18-10-5-2-6-11-18/h1-13,16,22,24,26H,14-15H2,(H,31,34)(H,29,30,32)/t22-,26-/m1/s1. The fraction of sp³-hybridized carbons (Fsp3) is 0.179. The molecule has 0 bridgehead atoms. The summed E-state index contributed by atoms with van der Waals surface area (Å²) < 4.78 is 6.15. The third kappa shape index (κ3) is 5.42. The Labute approximate surface area is 242 Å². The van der Waals surface area contributed by atoms with E-state index in [1.807, 2.05) is 78.2 Å². The molecule has 0 radical (unpaired) electrons. The molecular formula is C28H23N5O4S3. The number of hydrogen-bond acceptors (Lipinski definition) is 9. The Balaban J connectivity index is 1.28. The minimum absolute atomic E-state index is 0.163. The van der Waals surface area contributed by atoms with Crippen LogP contribution in [0.25, 0.3) is 0 Å². The van der Waals surface area contributed by atoms with Crippen molar-refractivity contribution in [2.24, 2.45) is 0 Å². The highest BCUT2D eigenvalue weighted by Crippen LogP contribution is 2.45. The fourth-order valence-electron chi connectivity index (χ4n) is 4.56. The molecule has 2 atom stereocenters. The molecule has 2 aliphatic rings. The first-order valence-electron chi connectivity index (χ1n) is 12.4. The number of H-pyrrole nitrogens is 1. The highest BCUT2D eigenvalue weighted by atomic mass is 32.2. The van der Waals surface area contributed by atoms with E-state index in [4.69, 9.17) is 4.74 Å². The first-order chi connectivity index (χ1) is 19.6. The van der Waals surface area contributed by atoms with Gasteiger partial charge in [-0.25, -0.2) is 4.79 Å². The van der Waals surface area contributed by atoms with Gasteiger partial charge < -0.3 is 15.0 Å². The van der Waals surface area contributed by atoms with Gasteiger partial charge in [0.2, 0.25) is 5.91 Å². The topological polar surface area (TPSA) is 117 Å². The van der Waals surface area contributed by atoms with Gasteiger partial charge in [-0.05, 0) is 22.6 Å². The predicted octanol–water partition coefficient (Wildman–Crippen LogP) is 4.15. The van der Waals surface area contributed by atoms with Crippen molar-refractivity contribution in [1.82, 2.24) is 25.4 Å². The molecule has 2 aliphatic heterocycles. The monoisotopic (exact) mass is 589 g/mol. The molecule has 12 heteroatoms. The smallest absolute Gasteiger partial charge is 0.356 e. The molecule has 4 heterocycles. The number of esters is 1. The van der Waals surface area contributed by atoms with E-state index in [2.05, 4.69) is 20.5 Å². The molecule has 1 fully saturated rings. The van der Waals surface area contributed by atoms with Crippen LogP contribution in [0, 0.1) is 0 Å². The summed E-state index contributed by atoms with van der Waals surface area (Å²) in [5.74, 6) is -0.774. The number of carbonyl (C=O) groups excluding carboxylic acids is 3. The van der Waals surface area contributed by atoms with E-state index >= 15 is 0 Å². The van der Waals surface area contributed by atoms with Gasteiger partial charge in [0, 0.05) is 15.5 Å². The molecule has 40 heavy (non-hydrogen) atoms. The zero-order valence-corrected chi connectivity index (χ0v) is 23.4. The van der Waals surface area contributed by atoms with Crippen LogP contribution in [-0.4, -0.2) is 55.0 Å². The fourth-order valence-corrected chi connectivity index (χ4v) is 7.61.